The molecule has 0 spiro atoms. The largest absolute Gasteiger partial charge is 0.507 e. The monoisotopic (exact) mass is 455 g/mol. The molecule has 4 aromatic rings. The fourth-order valence-electron chi connectivity index (χ4n) is 4.93. The Bertz CT molecular complexity index is 1220. The molecule has 0 saturated heterocycles. The minimum atomic E-state index is -2.35. The lowest BCUT2D eigenvalue weighted by Gasteiger charge is -2.32. The van der Waals surface area contributed by atoms with Crippen molar-refractivity contribution in [1.82, 2.24) is 0 Å². The normalized spacial score (nSPS) is 11.6. The molecule has 0 amide bonds. The van der Waals surface area contributed by atoms with Crippen LogP contribution in [0.1, 0.15) is 33.4 Å². The van der Waals surface area contributed by atoms with Crippen molar-refractivity contribution in [3.63, 3.8) is 0 Å². The van der Waals surface area contributed by atoms with Crippen LogP contribution < -0.4 is 21.2 Å². The Labute approximate surface area is 197 Å². The summed E-state index contributed by atoms with van der Waals surface area (Å²) in [6.07, 6.45) is 0. The summed E-state index contributed by atoms with van der Waals surface area (Å²) in [5.74, 6) is 0.732. The predicted molar refractivity (Wildman–Crippen MR) is 143 cm³/mol. The number of hydrogen-bond acceptors (Lipinski definition) is 2. The molecule has 0 saturated carbocycles. The maximum Gasteiger partial charge on any atom is 0.144 e. The Kier molecular flexibility index (Phi) is 6.08. The van der Waals surface area contributed by atoms with Gasteiger partial charge in [-0.05, 0) is 111 Å². The van der Waals surface area contributed by atoms with Gasteiger partial charge in [0.2, 0.25) is 0 Å². The summed E-state index contributed by atoms with van der Waals surface area (Å²) in [6.45, 7) is 12.2. The number of benzene rings is 4. The van der Waals surface area contributed by atoms with Crippen LogP contribution in [0.25, 0.3) is 0 Å². The van der Waals surface area contributed by atoms with Gasteiger partial charge < -0.3 is 10.2 Å². The third-order valence-electron chi connectivity index (χ3n) is 7.07. The molecule has 0 fully saturated rings. The van der Waals surface area contributed by atoms with Gasteiger partial charge >= 0.3 is 0 Å². The zero-order valence-corrected chi connectivity index (χ0v) is 21.2. The minimum absolute atomic E-state index is 0.366. The number of rotatable bonds is 4. The van der Waals surface area contributed by atoms with Gasteiger partial charge in [-0.1, -0.05) is 36.4 Å². The van der Waals surface area contributed by atoms with Crippen molar-refractivity contribution in [2.45, 2.75) is 41.5 Å². The topological polar surface area (TPSA) is 40.5 Å². The summed E-state index contributed by atoms with van der Waals surface area (Å²) in [5, 5.41) is 26.5. The Balaban J connectivity index is 2.31. The molecular weight excluding hydrogens is 423 g/mol. The van der Waals surface area contributed by atoms with Crippen molar-refractivity contribution in [3.8, 4) is 11.5 Å². The van der Waals surface area contributed by atoms with Crippen LogP contribution in [0.15, 0.2) is 72.8 Å². The van der Waals surface area contributed by atoms with Gasteiger partial charge in [-0.25, -0.2) is 0 Å². The summed E-state index contributed by atoms with van der Waals surface area (Å²) < 4.78 is 0. The van der Waals surface area contributed by atoms with E-state index in [-0.39, 0.29) is 0 Å². The van der Waals surface area contributed by atoms with Gasteiger partial charge in [-0.2, -0.15) is 0 Å². The van der Waals surface area contributed by atoms with Crippen LogP contribution in [0.3, 0.4) is 0 Å². The molecule has 3 heteroatoms. The van der Waals surface area contributed by atoms with Crippen LogP contribution in [-0.4, -0.2) is 10.2 Å². The summed E-state index contributed by atoms with van der Waals surface area (Å²) in [6, 6.07) is 25.8. The first-order valence-electron chi connectivity index (χ1n) is 11.3. The predicted octanol–water partition coefficient (Wildman–Crippen LogP) is 5.57. The Morgan fingerprint density at radius 1 is 0.485 bits per heavy atom. The Morgan fingerprint density at radius 2 is 0.818 bits per heavy atom. The highest BCUT2D eigenvalue weighted by molar-refractivity contribution is 8.01. The molecule has 0 bridgehead atoms. The molecule has 33 heavy (non-hydrogen) atoms. The number of phenols is 2. The van der Waals surface area contributed by atoms with Crippen LogP contribution in [0.5, 0.6) is 11.5 Å². The van der Waals surface area contributed by atoms with Crippen LogP contribution in [-0.2, 0) is 0 Å². The van der Waals surface area contributed by atoms with Crippen molar-refractivity contribution in [2.24, 2.45) is 0 Å². The van der Waals surface area contributed by atoms with Crippen LogP contribution in [0.4, 0.5) is 0 Å². The second-order valence-electron chi connectivity index (χ2n) is 8.96. The molecule has 4 rings (SSSR count). The minimum Gasteiger partial charge on any atom is -0.507 e. The fourth-order valence-corrected chi connectivity index (χ4v) is 9.95. The average molecular weight is 456 g/mol. The molecular formula is C30H32O2P+. The molecule has 4 aromatic carbocycles. The zero-order valence-electron chi connectivity index (χ0n) is 20.3. The SMILES string of the molecule is Cc1cc([P+](c2ccccc2)(c2ccccc2)c2cc(C)c(O)c(C)c2C)c(C)c(C)c1O. The lowest BCUT2D eigenvalue weighted by Crippen LogP contribution is -2.41. The first kappa shape index (κ1) is 23.1. The number of phenolic OH excluding ortho intramolecular Hbond substituents is 2. The highest BCUT2D eigenvalue weighted by atomic mass is 31.2. The molecule has 0 heterocycles. The van der Waals surface area contributed by atoms with Crippen molar-refractivity contribution < 1.29 is 10.2 Å². The zero-order chi connectivity index (χ0) is 23.9. The highest BCUT2D eigenvalue weighted by Gasteiger charge is 2.50. The van der Waals surface area contributed by atoms with Gasteiger partial charge in [0, 0.05) is 0 Å². The Hall–Kier alpha value is -3.09. The average Bonchev–Trinajstić information content (AvgIpc) is 2.84. The molecule has 168 valence electrons. The van der Waals surface area contributed by atoms with Gasteiger partial charge in [0.15, 0.2) is 0 Å². The molecule has 0 radical (unpaired) electrons. The summed E-state index contributed by atoms with van der Waals surface area (Å²) in [4.78, 5) is 0. The summed E-state index contributed by atoms with van der Waals surface area (Å²) in [7, 11) is -2.35. The maximum absolute atomic E-state index is 10.7. The van der Waals surface area contributed by atoms with E-state index in [1.165, 1.54) is 21.2 Å². The molecule has 2 nitrogen and oxygen atoms in total. The van der Waals surface area contributed by atoms with E-state index < -0.39 is 7.26 Å². The molecule has 2 N–H and O–H groups in total. The lowest BCUT2D eigenvalue weighted by atomic mass is 10.0. The van der Waals surface area contributed by atoms with E-state index in [0.29, 0.717) is 11.5 Å². The maximum atomic E-state index is 10.7. The highest BCUT2D eigenvalue weighted by Crippen LogP contribution is 2.57. The fraction of sp³-hybridized carbons (Fsp3) is 0.200. The van der Waals surface area contributed by atoms with Crippen molar-refractivity contribution >= 4 is 28.5 Å². The quantitative estimate of drug-likeness (QED) is 0.395. The van der Waals surface area contributed by atoms with Gasteiger partial charge in [-0.15, -0.1) is 0 Å². The van der Waals surface area contributed by atoms with Gasteiger partial charge in [0.25, 0.3) is 0 Å². The molecule has 0 unspecified atom stereocenters. The van der Waals surface area contributed by atoms with E-state index in [9.17, 15) is 10.2 Å². The molecule has 0 aliphatic rings. The Morgan fingerprint density at radius 3 is 1.15 bits per heavy atom. The van der Waals surface area contributed by atoms with Crippen molar-refractivity contribution in [2.75, 3.05) is 0 Å². The smallest absolute Gasteiger partial charge is 0.144 e. The first-order chi connectivity index (χ1) is 15.7. The van der Waals surface area contributed by atoms with E-state index in [1.807, 2.05) is 27.7 Å². The van der Waals surface area contributed by atoms with Gasteiger partial charge in [-0.3, -0.25) is 0 Å². The summed E-state index contributed by atoms with van der Waals surface area (Å²) in [5.41, 5.74) is 5.84. The number of aromatic hydroxyl groups is 2. The van der Waals surface area contributed by atoms with Crippen LogP contribution in [0.2, 0.25) is 0 Å². The summed E-state index contributed by atoms with van der Waals surface area (Å²) >= 11 is 0. The van der Waals surface area contributed by atoms with Crippen molar-refractivity contribution in [1.29, 1.82) is 0 Å². The van der Waals surface area contributed by atoms with E-state index >= 15 is 0 Å². The van der Waals surface area contributed by atoms with E-state index in [4.69, 9.17) is 0 Å². The van der Waals surface area contributed by atoms with E-state index in [0.717, 1.165) is 33.4 Å². The lowest BCUT2D eigenvalue weighted by molar-refractivity contribution is 0.466. The van der Waals surface area contributed by atoms with Crippen molar-refractivity contribution in [3.05, 3.63) is 106 Å². The second-order valence-corrected chi connectivity index (χ2v) is 12.3. The second kappa shape index (κ2) is 8.69. The van der Waals surface area contributed by atoms with Crippen LogP contribution in [0, 0.1) is 41.5 Å². The van der Waals surface area contributed by atoms with Gasteiger partial charge in [0.1, 0.15) is 40.0 Å². The molecule has 0 aliphatic carbocycles. The standard InChI is InChI=1S/C30H31O2P/c1-19-17-27(21(3)23(5)29(19)31)33(25-13-9-7-10-14-25,26-15-11-8-12-16-26)28-18-20(2)30(32)24(6)22(28)4/h7-18H,1-6H3,(H-,31,32)/p+1. The first-order valence-corrected chi connectivity index (χ1v) is 13.1. The molecule has 0 aliphatic heterocycles. The van der Waals surface area contributed by atoms with E-state index in [1.54, 1.807) is 0 Å². The third-order valence-corrected chi connectivity index (χ3v) is 11.6. The van der Waals surface area contributed by atoms with E-state index in [2.05, 4.69) is 86.6 Å². The van der Waals surface area contributed by atoms with Gasteiger partial charge in [0.05, 0.1) is 0 Å². The molecule has 0 aromatic heterocycles. The van der Waals surface area contributed by atoms with Crippen LogP contribution >= 0.6 is 7.26 Å². The third kappa shape index (κ3) is 3.54. The number of aryl methyl sites for hydroxylation is 2. The number of hydrogen-bond donors (Lipinski definition) is 2. The molecule has 0 atom stereocenters.